The molecule has 166 valence electrons. The molecule has 0 radical (unpaired) electrons. The van der Waals surface area contributed by atoms with Crippen molar-refractivity contribution in [1.82, 2.24) is 31.4 Å². The van der Waals surface area contributed by atoms with Crippen LogP contribution in [0, 0.1) is 11.8 Å². The van der Waals surface area contributed by atoms with E-state index in [0.29, 0.717) is 12.1 Å². The normalized spacial score (nSPS) is 35.1. The highest BCUT2D eigenvalue weighted by atomic mass is 16.2. The van der Waals surface area contributed by atoms with E-state index in [1.54, 1.807) is 6.82 Å². The van der Waals surface area contributed by atoms with E-state index < -0.39 is 7.05 Å². The first-order chi connectivity index (χ1) is 13.9. The van der Waals surface area contributed by atoms with Crippen LogP contribution in [0.2, 0.25) is 6.82 Å². The third kappa shape index (κ3) is 7.10. The minimum Gasteiger partial charge on any atom is -0.437 e. The topological polar surface area (TPSA) is 101 Å². The lowest BCUT2D eigenvalue weighted by Gasteiger charge is -2.40. The van der Waals surface area contributed by atoms with Gasteiger partial charge in [-0.05, 0) is 58.3 Å². The number of urea groups is 1. The molecule has 6 N–H and O–H groups in total. The molecule has 2 aliphatic carbocycles. The van der Waals surface area contributed by atoms with Crippen molar-refractivity contribution in [2.75, 3.05) is 20.1 Å². The van der Waals surface area contributed by atoms with Crippen LogP contribution in [0.5, 0.6) is 0 Å². The molecule has 2 amide bonds. The largest absolute Gasteiger partial charge is 0.437 e. The van der Waals surface area contributed by atoms with Gasteiger partial charge in [-0.15, -0.1) is 0 Å². The molecule has 8 nitrogen and oxygen atoms in total. The number of nitrogens with zero attached hydrogens (tertiary/aromatic N) is 1. The number of hydrogen-bond donors (Lipinski definition) is 6. The maximum atomic E-state index is 12.6. The molecular formula is C20H41BN6O2. The number of hydrogen-bond acceptors (Lipinski definition) is 6. The summed E-state index contributed by atoms with van der Waals surface area (Å²) >= 11 is 0. The first-order valence-electron chi connectivity index (χ1n) is 11.6. The summed E-state index contributed by atoms with van der Waals surface area (Å²) in [7, 11) is 1.46. The molecule has 6 unspecified atom stereocenters. The summed E-state index contributed by atoms with van der Waals surface area (Å²) < 4.78 is 0. The number of amides is 2. The average molecular weight is 408 g/mol. The van der Waals surface area contributed by atoms with Crippen LogP contribution in [0.3, 0.4) is 0 Å². The minimum absolute atomic E-state index is 0.0871. The molecule has 0 spiro atoms. The molecular weight excluding hydrogens is 367 g/mol. The van der Waals surface area contributed by atoms with Gasteiger partial charge in [0.2, 0.25) is 0 Å². The van der Waals surface area contributed by atoms with Gasteiger partial charge in [0.1, 0.15) is 6.29 Å². The summed E-state index contributed by atoms with van der Waals surface area (Å²) in [4.78, 5) is 14.5. The molecule has 0 bridgehead atoms. The van der Waals surface area contributed by atoms with Crippen molar-refractivity contribution in [2.24, 2.45) is 11.8 Å². The van der Waals surface area contributed by atoms with Crippen LogP contribution < -0.4 is 26.6 Å². The number of likely N-dealkylation sites (N-methyl/N-ethyl adjacent to an activating group) is 1. The Kier molecular flexibility index (Phi) is 8.62. The Bertz CT molecular complexity index is 525. The fourth-order valence-electron chi connectivity index (χ4n) is 5.21. The highest BCUT2D eigenvalue weighted by Gasteiger charge is 2.33. The third-order valence-electron chi connectivity index (χ3n) is 7.05. The van der Waals surface area contributed by atoms with E-state index >= 15 is 0 Å². The van der Waals surface area contributed by atoms with E-state index in [1.807, 2.05) is 11.9 Å². The van der Waals surface area contributed by atoms with E-state index in [1.165, 1.54) is 32.1 Å². The Hall–Kier alpha value is -0.865. The molecule has 3 fully saturated rings. The number of carbonyl (C=O) groups excluding carboxylic acids is 1. The van der Waals surface area contributed by atoms with E-state index in [2.05, 4.69) is 33.5 Å². The molecule has 1 saturated heterocycles. The van der Waals surface area contributed by atoms with E-state index in [4.69, 9.17) is 0 Å². The summed E-state index contributed by atoms with van der Waals surface area (Å²) in [6.07, 6.45) is 9.79. The van der Waals surface area contributed by atoms with E-state index in [0.717, 1.165) is 44.2 Å². The van der Waals surface area contributed by atoms with Crippen molar-refractivity contribution >= 4 is 13.1 Å². The predicted octanol–water partition coefficient (Wildman–Crippen LogP) is 0.857. The van der Waals surface area contributed by atoms with Crippen molar-refractivity contribution in [3.8, 4) is 0 Å². The molecule has 2 saturated carbocycles. The van der Waals surface area contributed by atoms with Gasteiger partial charge in [-0.2, -0.15) is 0 Å². The van der Waals surface area contributed by atoms with Crippen LogP contribution in [0.4, 0.5) is 4.79 Å². The van der Waals surface area contributed by atoms with Gasteiger partial charge in [0.15, 0.2) is 0 Å². The van der Waals surface area contributed by atoms with Gasteiger partial charge in [-0.25, -0.2) is 4.79 Å². The van der Waals surface area contributed by atoms with Crippen molar-refractivity contribution in [1.29, 1.82) is 0 Å². The monoisotopic (exact) mass is 408 g/mol. The van der Waals surface area contributed by atoms with E-state index in [-0.39, 0.29) is 18.5 Å². The van der Waals surface area contributed by atoms with Crippen LogP contribution in [0.25, 0.3) is 0 Å². The molecule has 3 aliphatic rings. The Morgan fingerprint density at radius 2 is 1.86 bits per heavy atom. The van der Waals surface area contributed by atoms with Crippen molar-refractivity contribution in [3.05, 3.63) is 0 Å². The van der Waals surface area contributed by atoms with E-state index in [9.17, 15) is 9.82 Å². The van der Waals surface area contributed by atoms with Crippen LogP contribution in [-0.2, 0) is 0 Å². The summed E-state index contributed by atoms with van der Waals surface area (Å²) in [5, 5.41) is 26.1. The van der Waals surface area contributed by atoms with Gasteiger partial charge in [0, 0.05) is 25.2 Å². The van der Waals surface area contributed by atoms with Crippen molar-refractivity contribution < 1.29 is 9.82 Å². The molecule has 9 heteroatoms. The lowest BCUT2D eigenvalue weighted by atomic mass is 9.69. The molecule has 1 heterocycles. The zero-order valence-corrected chi connectivity index (χ0v) is 18.4. The second-order valence-electron chi connectivity index (χ2n) is 9.45. The highest BCUT2D eigenvalue weighted by molar-refractivity contribution is 6.45. The molecule has 0 aromatic rings. The second kappa shape index (κ2) is 11.0. The molecule has 1 aliphatic heterocycles. The summed E-state index contributed by atoms with van der Waals surface area (Å²) in [5.74, 6) is 1.70. The van der Waals surface area contributed by atoms with Gasteiger partial charge >= 0.3 is 13.1 Å². The Morgan fingerprint density at radius 3 is 2.62 bits per heavy atom. The lowest BCUT2D eigenvalue weighted by Crippen LogP contribution is -2.68. The van der Waals surface area contributed by atoms with Crippen LogP contribution in [-0.4, -0.2) is 67.6 Å². The third-order valence-corrected chi connectivity index (χ3v) is 7.05. The zero-order valence-electron chi connectivity index (χ0n) is 18.4. The molecule has 0 aromatic carbocycles. The summed E-state index contributed by atoms with van der Waals surface area (Å²) in [6.45, 7) is 5.44. The quantitative estimate of drug-likeness (QED) is 0.350. The van der Waals surface area contributed by atoms with Gasteiger partial charge in [0.05, 0.1) is 6.17 Å². The highest BCUT2D eigenvalue weighted by Crippen LogP contribution is 2.40. The predicted molar refractivity (Wildman–Crippen MR) is 117 cm³/mol. The van der Waals surface area contributed by atoms with Crippen molar-refractivity contribution in [2.45, 2.75) is 89.7 Å². The smallest absolute Gasteiger partial charge is 0.376 e. The molecule has 3 rings (SSSR count). The first-order valence-corrected chi connectivity index (χ1v) is 11.6. The van der Waals surface area contributed by atoms with Crippen molar-refractivity contribution in [3.63, 3.8) is 0 Å². The second-order valence-corrected chi connectivity index (χ2v) is 9.45. The number of carbonyl (C=O) groups is 1. The summed E-state index contributed by atoms with van der Waals surface area (Å²) in [6, 6.07) is 0.516. The minimum atomic E-state index is -0.446. The Balaban J connectivity index is 1.38. The number of rotatable bonds is 7. The zero-order chi connectivity index (χ0) is 20.8. The molecule has 6 atom stereocenters. The van der Waals surface area contributed by atoms with Crippen LogP contribution in [0.15, 0.2) is 0 Å². The summed E-state index contributed by atoms with van der Waals surface area (Å²) in [5.41, 5.74) is 0. The first kappa shape index (κ1) is 22.8. The Morgan fingerprint density at radius 1 is 1.10 bits per heavy atom. The molecule has 29 heavy (non-hydrogen) atoms. The van der Waals surface area contributed by atoms with Gasteiger partial charge in [-0.3, -0.25) is 10.6 Å². The maximum Gasteiger partial charge on any atom is 0.376 e. The van der Waals surface area contributed by atoms with Crippen LogP contribution >= 0.6 is 0 Å². The Labute approximate surface area is 176 Å². The SMILES string of the molecule is CB(O)N(C)CCNC1CC(C)NC(NC(=O)NC2CCC3CCCCC3C2)N1. The fraction of sp³-hybridized carbons (Fsp3) is 0.950. The maximum absolute atomic E-state index is 12.6. The van der Waals surface area contributed by atoms with Gasteiger partial charge in [0.25, 0.3) is 0 Å². The van der Waals surface area contributed by atoms with Gasteiger partial charge < -0.3 is 25.8 Å². The molecule has 0 aromatic heterocycles. The van der Waals surface area contributed by atoms with Gasteiger partial charge in [-0.1, -0.05) is 25.7 Å². The fourth-order valence-corrected chi connectivity index (χ4v) is 5.21. The standard InChI is InChI=1S/C20H41BN6O2/c1-14-12-18(22-10-11-27(3)21(2)29)25-19(23-14)26-20(28)24-17-9-8-15-6-4-5-7-16(15)13-17/h14-19,22-23,25,29H,4-13H2,1-3H3,(H2,24,26,28). The average Bonchev–Trinajstić information content (AvgIpc) is 2.67. The van der Waals surface area contributed by atoms with Crippen LogP contribution in [0.1, 0.15) is 58.3 Å². The number of fused-ring (bicyclic) bond motifs is 1. The lowest BCUT2D eigenvalue weighted by molar-refractivity contribution is 0.141. The number of nitrogens with one attached hydrogen (secondary N) is 5.